The van der Waals surface area contributed by atoms with Crippen molar-refractivity contribution in [3.05, 3.63) is 60.0 Å². The molecule has 0 radical (unpaired) electrons. The minimum atomic E-state index is -0.0945. The highest BCUT2D eigenvalue weighted by Gasteiger charge is 2.07. The molecular formula is C17H17N3O2. The molecule has 5 heteroatoms. The quantitative estimate of drug-likeness (QED) is 0.804. The van der Waals surface area contributed by atoms with Gasteiger partial charge in [-0.1, -0.05) is 6.07 Å². The van der Waals surface area contributed by atoms with Gasteiger partial charge < -0.3 is 14.6 Å². The Morgan fingerprint density at radius 2 is 1.95 bits per heavy atom. The first-order valence-corrected chi connectivity index (χ1v) is 7.01. The smallest absolute Gasteiger partial charge is 0.251 e. The number of benzene rings is 2. The van der Waals surface area contributed by atoms with E-state index in [1.807, 2.05) is 61.5 Å². The van der Waals surface area contributed by atoms with E-state index in [2.05, 4.69) is 10.3 Å². The van der Waals surface area contributed by atoms with Gasteiger partial charge in [-0.3, -0.25) is 4.79 Å². The molecule has 0 saturated heterocycles. The van der Waals surface area contributed by atoms with Crippen molar-refractivity contribution in [3.8, 4) is 0 Å². The third-order valence-electron chi connectivity index (χ3n) is 3.49. The molecule has 0 spiro atoms. The van der Waals surface area contributed by atoms with Gasteiger partial charge in [-0.2, -0.15) is 0 Å². The normalized spacial score (nSPS) is 10.6. The van der Waals surface area contributed by atoms with Crippen LogP contribution in [0.25, 0.3) is 11.1 Å². The average molecular weight is 295 g/mol. The summed E-state index contributed by atoms with van der Waals surface area (Å²) in [6.07, 6.45) is 1.42. The minimum absolute atomic E-state index is 0.0945. The predicted octanol–water partition coefficient (Wildman–Crippen LogP) is 2.82. The zero-order valence-electron chi connectivity index (χ0n) is 12.5. The van der Waals surface area contributed by atoms with Crippen molar-refractivity contribution in [2.24, 2.45) is 0 Å². The number of amides is 1. The molecule has 1 N–H and O–H groups in total. The van der Waals surface area contributed by atoms with Crippen molar-refractivity contribution < 1.29 is 9.21 Å². The van der Waals surface area contributed by atoms with Gasteiger partial charge in [-0.25, -0.2) is 4.98 Å². The predicted molar refractivity (Wildman–Crippen MR) is 85.9 cm³/mol. The van der Waals surface area contributed by atoms with E-state index in [1.165, 1.54) is 6.39 Å². The molecule has 0 unspecified atom stereocenters. The molecule has 0 saturated carbocycles. The van der Waals surface area contributed by atoms with Gasteiger partial charge in [0.1, 0.15) is 5.52 Å². The summed E-state index contributed by atoms with van der Waals surface area (Å²) in [4.78, 5) is 18.2. The molecule has 1 amide bonds. The number of fused-ring (bicyclic) bond motifs is 1. The lowest BCUT2D eigenvalue weighted by molar-refractivity contribution is 0.0951. The highest BCUT2D eigenvalue weighted by atomic mass is 16.3. The Bertz CT molecular complexity index is 791. The zero-order valence-corrected chi connectivity index (χ0v) is 12.5. The highest BCUT2D eigenvalue weighted by Crippen LogP contribution is 2.15. The van der Waals surface area contributed by atoms with Crippen molar-refractivity contribution in [2.45, 2.75) is 6.54 Å². The van der Waals surface area contributed by atoms with Crippen LogP contribution in [0, 0.1) is 0 Å². The van der Waals surface area contributed by atoms with E-state index in [0.717, 1.165) is 22.4 Å². The minimum Gasteiger partial charge on any atom is -0.443 e. The van der Waals surface area contributed by atoms with E-state index >= 15 is 0 Å². The van der Waals surface area contributed by atoms with E-state index in [-0.39, 0.29) is 5.91 Å². The molecule has 22 heavy (non-hydrogen) atoms. The molecule has 3 rings (SSSR count). The summed E-state index contributed by atoms with van der Waals surface area (Å²) in [5.41, 5.74) is 4.22. The van der Waals surface area contributed by atoms with Gasteiger partial charge in [0.2, 0.25) is 0 Å². The van der Waals surface area contributed by atoms with Gasteiger partial charge in [0.15, 0.2) is 12.0 Å². The third-order valence-corrected chi connectivity index (χ3v) is 3.49. The number of aromatic nitrogens is 1. The van der Waals surface area contributed by atoms with E-state index < -0.39 is 0 Å². The lowest BCUT2D eigenvalue weighted by Crippen LogP contribution is -2.22. The van der Waals surface area contributed by atoms with Crippen LogP contribution in [0.1, 0.15) is 15.9 Å². The Hall–Kier alpha value is -2.82. The number of hydrogen-bond donors (Lipinski definition) is 1. The topological polar surface area (TPSA) is 58.4 Å². The van der Waals surface area contributed by atoms with Crippen molar-refractivity contribution in [2.75, 3.05) is 19.0 Å². The Labute approximate surface area is 128 Å². The fraction of sp³-hybridized carbons (Fsp3) is 0.176. The molecule has 0 bridgehead atoms. The van der Waals surface area contributed by atoms with E-state index in [9.17, 15) is 4.79 Å². The summed E-state index contributed by atoms with van der Waals surface area (Å²) in [6.45, 7) is 0.449. The maximum absolute atomic E-state index is 12.2. The van der Waals surface area contributed by atoms with Gasteiger partial charge in [0, 0.05) is 31.9 Å². The highest BCUT2D eigenvalue weighted by molar-refractivity contribution is 5.94. The monoisotopic (exact) mass is 295 g/mol. The summed E-state index contributed by atoms with van der Waals surface area (Å²) in [5, 5.41) is 2.91. The molecule has 1 heterocycles. The van der Waals surface area contributed by atoms with Crippen LogP contribution in [-0.4, -0.2) is 25.0 Å². The number of carbonyl (C=O) groups is 1. The molecule has 0 aliphatic heterocycles. The molecule has 5 nitrogen and oxygen atoms in total. The van der Waals surface area contributed by atoms with E-state index in [1.54, 1.807) is 0 Å². The van der Waals surface area contributed by atoms with Crippen LogP contribution < -0.4 is 10.2 Å². The Kier molecular flexibility index (Phi) is 3.78. The van der Waals surface area contributed by atoms with E-state index in [4.69, 9.17) is 4.42 Å². The number of hydrogen-bond acceptors (Lipinski definition) is 4. The first-order valence-electron chi connectivity index (χ1n) is 7.01. The molecule has 0 aliphatic carbocycles. The lowest BCUT2D eigenvalue weighted by Gasteiger charge is -2.12. The van der Waals surface area contributed by atoms with Gasteiger partial charge >= 0.3 is 0 Å². The van der Waals surface area contributed by atoms with Crippen molar-refractivity contribution in [1.29, 1.82) is 0 Å². The van der Waals surface area contributed by atoms with E-state index in [0.29, 0.717) is 12.1 Å². The molecule has 1 aromatic heterocycles. The fourth-order valence-corrected chi connectivity index (χ4v) is 2.20. The second-order valence-corrected chi connectivity index (χ2v) is 5.28. The first kappa shape index (κ1) is 14.1. The Balaban J connectivity index is 1.66. The average Bonchev–Trinajstić information content (AvgIpc) is 3.00. The first-order chi connectivity index (χ1) is 10.6. The summed E-state index contributed by atoms with van der Waals surface area (Å²) in [7, 11) is 3.93. The van der Waals surface area contributed by atoms with Crippen LogP contribution >= 0.6 is 0 Å². The molecular weight excluding hydrogens is 278 g/mol. The second kappa shape index (κ2) is 5.89. The SMILES string of the molecule is CN(C)c1ccc(C(=O)NCc2ccc3ncoc3c2)cc1. The number of anilines is 1. The molecule has 112 valence electrons. The van der Waals surface area contributed by atoms with Crippen LogP contribution in [0.15, 0.2) is 53.3 Å². The standard InChI is InChI=1S/C17H17N3O2/c1-20(2)14-6-4-13(5-7-14)17(21)18-10-12-3-8-15-16(9-12)22-11-19-15/h3-9,11H,10H2,1-2H3,(H,18,21). The summed E-state index contributed by atoms with van der Waals surface area (Å²) in [5.74, 6) is -0.0945. The third kappa shape index (κ3) is 2.93. The summed E-state index contributed by atoms with van der Waals surface area (Å²) in [6, 6.07) is 13.2. The van der Waals surface area contributed by atoms with Gasteiger partial charge in [-0.15, -0.1) is 0 Å². The lowest BCUT2D eigenvalue weighted by atomic mass is 10.1. The van der Waals surface area contributed by atoms with Gasteiger partial charge in [-0.05, 0) is 42.0 Å². The number of nitrogens with one attached hydrogen (secondary N) is 1. The van der Waals surface area contributed by atoms with Crippen LogP contribution in [0.2, 0.25) is 0 Å². The van der Waals surface area contributed by atoms with Crippen LogP contribution in [-0.2, 0) is 6.54 Å². The molecule has 0 aliphatic rings. The number of nitrogens with zero attached hydrogens (tertiary/aromatic N) is 2. The Morgan fingerprint density at radius 3 is 2.68 bits per heavy atom. The molecule has 0 fully saturated rings. The zero-order chi connectivity index (χ0) is 15.5. The molecule has 2 aromatic carbocycles. The molecule has 0 atom stereocenters. The maximum Gasteiger partial charge on any atom is 0.251 e. The molecule has 3 aromatic rings. The number of rotatable bonds is 4. The van der Waals surface area contributed by atoms with Crippen LogP contribution in [0.5, 0.6) is 0 Å². The number of carbonyl (C=O) groups excluding carboxylic acids is 1. The Morgan fingerprint density at radius 1 is 1.18 bits per heavy atom. The maximum atomic E-state index is 12.2. The van der Waals surface area contributed by atoms with Crippen LogP contribution in [0.4, 0.5) is 5.69 Å². The largest absolute Gasteiger partial charge is 0.443 e. The number of oxazole rings is 1. The van der Waals surface area contributed by atoms with Gasteiger partial charge in [0.25, 0.3) is 5.91 Å². The summed E-state index contributed by atoms with van der Waals surface area (Å²) < 4.78 is 5.26. The second-order valence-electron chi connectivity index (χ2n) is 5.28. The van der Waals surface area contributed by atoms with Crippen LogP contribution in [0.3, 0.4) is 0 Å². The summed E-state index contributed by atoms with van der Waals surface area (Å²) >= 11 is 0. The van der Waals surface area contributed by atoms with Gasteiger partial charge in [0.05, 0.1) is 0 Å². The van der Waals surface area contributed by atoms with Crippen molar-refractivity contribution in [3.63, 3.8) is 0 Å². The fourth-order valence-electron chi connectivity index (χ4n) is 2.20. The van der Waals surface area contributed by atoms with Crippen molar-refractivity contribution >= 4 is 22.7 Å². The van der Waals surface area contributed by atoms with Crippen molar-refractivity contribution in [1.82, 2.24) is 10.3 Å².